The molecule has 0 spiro atoms. The minimum Gasteiger partial charge on any atom is -0.338 e. The molecule has 2 saturated heterocycles. The van der Waals surface area contributed by atoms with Crippen molar-refractivity contribution in [3.63, 3.8) is 0 Å². The van der Waals surface area contributed by atoms with E-state index in [9.17, 15) is 4.79 Å². The second-order valence-electron chi connectivity index (χ2n) is 10.7. The van der Waals surface area contributed by atoms with Crippen LogP contribution in [0.3, 0.4) is 0 Å². The van der Waals surface area contributed by atoms with Crippen LogP contribution in [0.2, 0.25) is 5.02 Å². The first kappa shape index (κ1) is 28.0. The summed E-state index contributed by atoms with van der Waals surface area (Å²) in [5, 5.41) is 6.54. The van der Waals surface area contributed by atoms with E-state index in [1.165, 1.54) is 0 Å². The van der Waals surface area contributed by atoms with Gasteiger partial charge in [-0.1, -0.05) is 29.8 Å². The molecule has 10 N–H and O–H groups in total. The van der Waals surface area contributed by atoms with Gasteiger partial charge < -0.3 is 43.4 Å². The smallest absolute Gasteiger partial charge is 0.255 e. The number of aryl methyl sites for hydroxylation is 1. The van der Waals surface area contributed by atoms with Crippen molar-refractivity contribution in [3.8, 4) is 0 Å². The Bertz CT molecular complexity index is 1290. The van der Waals surface area contributed by atoms with Gasteiger partial charge in [-0.3, -0.25) is 4.79 Å². The summed E-state index contributed by atoms with van der Waals surface area (Å²) in [5.41, 5.74) is 27.6. The number of anilines is 5. The van der Waals surface area contributed by atoms with Gasteiger partial charge in [-0.2, -0.15) is 15.0 Å². The molecule has 3 heterocycles. The third kappa shape index (κ3) is 6.60. The molecule has 4 atom stereocenters. The Labute approximate surface area is 238 Å². The van der Waals surface area contributed by atoms with Gasteiger partial charge in [0.15, 0.2) is 0 Å². The van der Waals surface area contributed by atoms with Crippen LogP contribution < -0.4 is 43.4 Å². The van der Waals surface area contributed by atoms with Crippen LogP contribution in [-0.4, -0.2) is 71.2 Å². The number of nitrogens with two attached hydrogens (primary N) is 4. The SMILES string of the molecule is Cc1cc(NC(=O)c2ccccc2)c(Cl)cc1Nc1nc(N2C[C@H](N)C[C@H](N)C2)nc(N2C[C@H](N)C[C@H](N)C2)n1. The first-order valence-electron chi connectivity index (χ1n) is 13.4. The third-order valence-electron chi connectivity index (χ3n) is 7.05. The van der Waals surface area contributed by atoms with Crippen LogP contribution in [-0.2, 0) is 0 Å². The van der Waals surface area contributed by atoms with Gasteiger partial charge in [0, 0.05) is 61.6 Å². The molecule has 12 nitrogen and oxygen atoms in total. The number of rotatable bonds is 6. The van der Waals surface area contributed by atoms with Crippen molar-refractivity contribution >= 4 is 46.7 Å². The van der Waals surface area contributed by atoms with Crippen molar-refractivity contribution < 1.29 is 4.79 Å². The summed E-state index contributed by atoms with van der Waals surface area (Å²) in [4.78, 5) is 30.8. The van der Waals surface area contributed by atoms with Crippen LogP contribution in [0.1, 0.15) is 28.8 Å². The quantitative estimate of drug-likeness (QED) is 0.254. The number of amides is 1. The van der Waals surface area contributed by atoms with Gasteiger partial charge in [0.1, 0.15) is 0 Å². The Morgan fingerprint density at radius 3 is 1.88 bits per heavy atom. The summed E-state index contributed by atoms with van der Waals surface area (Å²) in [5.74, 6) is 1.04. The van der Waals surface area contributed by atoms with E-state index in [4.69, 9.17) is 49.5 Å². The van der Waals surface area contributed by atoms with Crippen molar-refractivity contribution in [3.05, 3.63) is 58.6 Å². The molecule has 5 rings (SSSR count). The first-order valence-corrected chi connectivity index (χ1v) is 13.7. The number of benzene rings is 2. The van der Waals surface area contributed by atoms with Crippen molar-refractivity contribution in [2.45, 2.75) is 43.9 Å². The number of hydrogen-bond donors (Lipinski definition) is 6. The lowest BCUT2D eigenvalue weighted by atomic mass is 10.0. The van der Waals surface area contributed by atoms with E-state index in [-0.39, 0.29) is 30.1 Å². The van der Waals surface area contributed by atoms with Crippen LogP contribution in [0.25, 0.3) is 0 Å². The molecule has 1 aromatic heterocycles. The van der Waals surface area contributed by atoms with Crippen molar-refractivity contribution in [2.24, 2.45) is 22.9 Å². The van der Waals surface area contributed by atoms with Gasteiger partial charge in [-0.25, -0.2) is 0 Å². The van der Waals surface area contributed by atoms with E-state index in [0.717, 1.165) is 18.4 Å². The second kappa shape index (κ2) is 11.9. The molecule has 0 aliphatic carbocycles. The molecule has 3 aromatic rings. The largest absolute Gasteiger partial charge is 0.338 e. The number of halogens is 1. The number of nitrogens with one attached hydrogen (secondary N) is 2. The van der Waals surface area contributed by atoms with Crippen LogP contribution in [0.5, 0.6) is 0 Å². The molecule has 0 radical (unpaired) electrons. The third-order valence-corrected chi connectivity index (χ3v) is 7.37. The Kier molecular flexibility index (Phi) is 8.33. The molecule has 0 unspecified atom stereocenters. The second-order valence-corrected chi connectivity index (χ2v) is 11.1. The van der Waals surface area contributed by atoms with Crippen LogP contribution >= 0.6 is 11.6 Å². The maximum Gasteiger partial charge on any atom is 0.255 e. The fourth-order valence-electron chi connectivity index (χ4n) is 5.19. The molecular weight excluding hydrogens is 530 g/mol. The lowest BCUT2D eigenvalue weighted by Gasteiger charge is -2.37. The summed E-state index contributed by atoms with van der Waals surface area (Å²) in [6.45, 7) is 4.23. The minimum absolute atomic E-state index is 0.0862. The number of aromatic nitrogens is 3. The lowest BCUT2D eigenvalue weighted by molar-refractivity contribution is 0.102. The van der Waals surface area contributed by atoms with Crippen molar-refractivity contribution in [1.29, 1.82) is 0 Å². The molecule has 2 fully saturated rings. The molecule has 0 saturated carbocycles. The van der Waals surface area contributed by atoms with E-state index >= 15 is 0 Å². The van der Waals surface area contributed by atoms with Crippen molar-refractivity contribution in [1.82, 2.24) is 15.0 Å². The van der Waals surface area contributed by atoms with Crippen LogP contribution in [0.15, 0.2) is 42.5 Å². The fraction of sp³-hybridized carbons (Fsp3) is 0.407. The van der Waals surface area contributed by atoms with Gasteiger partial charge in [0.2, 0.25) is 17.8 Å². The molecule has 40 heavy (non-hydrogen) atoms. The molecule has 2 aromatic carbocycles. The molecule has 2 aliphatic rings. The zero-order chi connectivity index (χ0) is 28.4. The summed E-state index contributed by atoms with van der Waals surface area (Å²) in [6, 6.07) is 12.2. The van der Waals surface area contributed by atoms with Crippen molar-refractivity contribution in [2.75, 3.05) is 46.6 Å². The van der Waals surface area contributed by atoms with Gasteiger partial charge in [0.05, 0.1) is 10.7 Å². The van der Waals surface area contributed by atoms with Crippen LogP contribution in [0, 0.1) is 6.92 Å². The molecular formula is C27H36ClN11O. The highest BCUT2D eigenvalue weighted by molar-refractivity contribution is 6.34. The molecule has 0 bridgehead atoms. The van der Waals surface area contributed by atoms with Gasteiger partial charge >= 0.3 is 0 Å². The van der Waals surface area contributed by atoms with E-state index in [2.05, 4.69) is 10.6 Å². The molecule has 212 valence electrons. The molecule has 1 amide bonds. The normalized spacial score (nSPS) is 23.1. The summed E-state index contributed by atoms with van der Waals surface area (Å²) >= 11 is 6.59. The summed E-state index contributed by atoms with van der Waals surface area (Å²) < 4.78 is 0. The maximum absolute atomic E-state index is 12.7. The van der Waals surface area contributed by atoms with Gasteiger partial charge in [-0.15, -0.1) is 0 Å². The van der Waals surface area contributed by atoms with E-state index in [0.29, 0.717) is 66.0 Å². The zero-order valence-corrected chi connectivity index (χ0v) is 23.2. The fourth-order valence-corrected chi connectivity index (χ4v) is 5.40. The van der Waals surface area contributed by atoms with Crippen LogP contribution in [0.4, 0.5) is 29.2 Å². The number of carbonyl (C=O) groups excluding carboxylic acids is 1. The Hall–Kier alpha value is -3.55. The lowest BCUT2D eigenvalue weighted by Crippen LogP contribution is -2.54. The Balaban J connectivity index is 1.44. The number of nitrogens with zero attached hydrogens (tertiary/aromatic N) is 5. The highest BCUT2D eigenvalue weighted by Crippen LogP contribution is 2.32. The predicted octanol–water partition coefficient (Wildman–Crippen LogP) is 1.56. The first-order chi connectivity index (χ1) is 19.1. The van der Waals surface area contributed by atoms with Gasteiger partial charge in [0.25, 0.3) is 5.91 Å². The number of piperidine rings is 2. The van der Waals surface area contributed by atoms with E-state index < -0.39 is 0 Å². The van der Waals surface area contributed by atoms with E-state index in [1.54, 1.807) is 24.3 Å². The number of hydrogen-bond acceptors (Lipinski definition) is 11. The monoisotopic (exact) mass is 565 g/mol. The maximum atomic E-state index is 12.7. The Morgan fingerprint density at radius 2 is 1.35 bits per heavy atom. The average molecular weight is 566 g/mol. The minimum atomic E-state index is -0.245. The molecule has 2 aliphatic heterocycles. The summed E-state index contributed by atoms with van der Waals surface area (Å²) in [6.07, 6.45) is 1.47. The average Bonchev–Trinajstić information content (AvgIpc) is 2.90. The molecule has 13 heteroatoms. The van der Waals surface area contributed by atoms with E-state index in [1.807, 2.05) is 34.9 Å². The zero-order valence-electron chi connectivity index (χ0n) is 22.4. The standard InChI is InChI=1S/C27H36ClN11O/c1-15-7-23(33-24(40)16-5-3-2-4-6-16)21(28)10-22(15)34-25-35-26(38-11-17(29)8-18(30)12-38)37-27(36-25)39-13-19(31)9-20(32)14-39/h2-7,10,17-20H,8-9,11-14,29-32H2,1H3,(H,33,40)(H,34,35,36,37)/t17-,18+,19-,20+. The highest BCUT2D eigenvalue weighted by Gasteiger charge is 2.29. The highest BCUT2D eigenvalue weighted by atomic mass is 35.5. The Morgan fingerprint density at radius 1 is 0.825 bits per heavy atom. The predicted molar refractivity (Wildman–Crippen MR) is 159 cm³/mol. The topological polar surface area (TPSA) is 190 Å². The van der Waals surface area contributed by atoms with Gasteiger partial charge in [-0.05, 0) is 49.6 Å². The number of carbonyl (C=O) groups is 1. The summed E-state index contributed by atoms with van der Waals surface area (Å²) in [7, 11) is 0.